The fourth-order valence-corrected chi connectivity index (χ4v) is 10.1. The van der Waals surface area contributed by atoms with Crippen LogP contribution in [-0.4, -0.2) is 124 Å². The third-order valence-corrected chi connectivity index (χ3v) is 13.2. The van der Waals surface area contributed by atoms with Crippen molar-refractivity contribution < 1.29 is 32.2 Å². The van der Waals surface area contributed by atoms with Crippen molar-refractivity contribution >= 4 is 34.2 Å². The highest BCUT2D eigenvalue weighted by Crippen LogP contribution is 2.43. The van der Waals surface area contributed by atoms with Gasteiger partial charge >= 0.3 is 6.18 Å². The topological polar surface area (TPSA) is 165 Å². The lowest BCUT2D eigenvalue weighted by Crippen LogP contribution is -2.52. The number of fused-ring (bicyclic) bond motifs is 3. The minimum atomic E-state index is -4.35. The molecule has 5 atom stereocenters. The van der Waals surface area contributed by atoms with Gasteiger partial charge in [-0.05, 0) is 100 Å². The fraction of sp³-hybridized carbons (Fsp3) is 0.565. The van der Waals surface area contributed by atoms with Crippen molar-refractivity contribution in [2.75, 3.05) is 57.4 Å². The quantitative estimate of drug-likeness (QED) is 0.112. The monoisotopic (exact) mass is 872 g/mol. The zero-order chi connectivity index (χ0) is 44.5. The summed E-state index contributed by atoms with van der Waals surface area (Å²) in [6, 6.07) is 9.62. The Balaban J connectivity index is 0.839. The molecule has 4 N–H and O–H groups in total. The van der Waals surface area contributed by atoms with Gasteiger partial charge in [0.15, 0.2) is 0 Å². The van der Waals surface area contributed by atoms with Crippen molar-refractivity contribution in [1.29, 1.82) is 5.41 Å². The number of piperidine rings is 2. The summed E-state index contributed by atoms with van der Waals surface area (Å²) in [7, 11) is 0. The standard InChI is InChI=1S/C46H59F3N10O4/c1-5-16-57(23-28(2)25-62-44-29(3)6-9-39(54-44)43(61)53-38-12-13-40(60)55-42(38)50)24-31-20-45(63-26-31)14-17-58(18-15-45)32-7-10-37(51-21-32)41-33-8-11-36-35(22-52-56-36)34(33)19-30(4)59(41)27-46(47,48)49/h6-11,21-22,28,30-31,38,41H,5,12-20,23-27H2,1-4H3,(H,52,56)(H,53,61)(H2,50,55,60)/t28?,30-,31?,38+,41?/m1/s1. The van der Waals surface area contributed by atoms with Gasteiger partial charge in [0.1, 0.15) is 11.5 Å². The number of aromatic nitrogens is 4. The predicted molar refractivity (Wildman–Crippen MR) is 233 cm³/mol. The van der Waals surface area contributed by atoms with E-state index in [1.54, 1.807) is 18.3 Å². The summed E-state index contributed by atoms with van der Waals surface area (Å²) >= 11 is 0. The molecule has 1 spiro atoms. The molecule has 3 fully saturated rings. The van der Waals surface area contributed by atoms with Crippen LogP contribution in [0.2, 0.25) is 0 Å². The van der Waals surface area contributed by atoms with Crippen LogP contribution in [0.25, 0.3) is 10.9 Å². The Hall–Kier alpha value is -5.13. The van der Waals surface area contributed by atoms with Gasteiger partial charge in [0.2, 0.25) is 11.8 Å². The Labute approximate surface area is 366 Å². The number of ether oxygens (including phenoxy) is 2. The number of aryl methyl sites for hydroxylation is 1. The van der Waals surface area contributed by atoms with E-state index in [2.05, 4.69) is 49.5 Å². The fourth-order valence-electron chi connectivity index (χ4n) is 10.1. The van der Waals surface area contributed by atoms with E-state index in [0.717, 1.165) is 91.7 Å². The molecule has 63 heavy (non-hydrogen) atoms. The number of aromatic amines is 1. The van der Waals surface area contributed by atoms with Crippen LogP contribution in [0.1, 0.15) is 98.2 Å². The first-order valence-electron chi connectivity index (χ1n) is 22.3. The van der Waals surface area contributed by atoms with Crippen molar-refractivity contribution in [3.05, 3.63) is 76.9 Å². The van der Waals surface area contributed by atoms with Crippen molar-refractivity contribution in [2.45, 2.75) is 103 Å². The Morgan fingerprint density at radius 2 is 1.97 bits per heavy atom. The van der Waals surface area contributed by atoms with Crippen LogP contribution in [0.3, 0.4) is 0 Å². The van der Waals surface area contributed by atoms with E-state index in [4.69, 9.17) is 19.9 Å². The maximum absolute atomic E-state index is 13.9. The van der Waals surface area contributed by atoms with E-state index in [-0.39, 0.29) is 41.4 Å². The van der Waals surface area contributed by atoms with Crippen molar-refractivity contribution in [2.24, 2.45) is 11.8 Å². The second-order valence-corrected chi connectivity index (χ2v) is 18.2. The van der Waals surface area contributed by atoms with Crippen LogP contribution in [0.15, 0.2) is 48.8 Å². The number of halogens is 3. The molecule has 17 heteroatoms. The number of carbonyl (C=O) groups is 2. The van der Waals surface area contributed by atoms with E-state index in [1.807, 2.05) is 44.3 Å². The predicted octanol–water partition coefficient (Wildman–Crippen LogP) is 6.35. The minimum Gasteiger partial charge on any atom is -0.477 e. The molecule has 0 saturated carbocycles. The number of nitrogens with zero attached hydrogens (tertiary/aromatic N) is 6. The second kappa shape index (κ2) is 18.5. The minimum absolute atomic E-state index is 0.0179. The molecule has 0 bridgehead atoms. The summed E-state index contributed by atoms with van der Waals surface area (Å²) in [5.74, 6) is 0.338. The van der Waals surface area contributed by atoms with Gasteiger partial charge in [-0.25, -0.2) is 4.98 Å². The third-order valence-electron chi connectivity index (χ3n) is 13.2. The van der Waals surface area contributed by atoms with E-state index >= 15 is 0 Å². The van der Waals surface area contributed by atoms with Gasteiger partial charge in [0.05, 0.1) is 66.7 Å². The second-order valence-electron chi connectivity index (χ2n) is 18.2. The highest BCUT2D eigenvalue weighted by molar-refractivity contribution is 6.04. The number of nitrogens with one attached hydrogen (secondary N) is 4. The van der Waals surface area contributed by atoms with Gasteiger partial charge in [0, 0.05) is 55.5 Å². The van der Waals surface area contributed by atoms with E-state index in [1.165, 1.54) is 4.90 Å². The Morgan fingerprint density at radius 1 is 1.16 bits per heavy atom. The van der Waals surface area contributed by atoms with E-state index < -0.39 is 30.7 Å². The SMILES string of the molecule is CCCN(CC(C)COc1nc(C(=O)N[C@H]2CCC(=O)NC2=N)ccc1C)CC1COC2(CCN(c3ccc(C4c5ccc6[nH]ncc6c5C[C@@H](C)N4CC(F)(F)F)nc3)CC2)C1. The number of anilines is 1. The lowest BCUT2D eigenvalue weighted by molar-refractivity contribution is -0.155. The molecule has 0 aliphatic carbocycles. The molecule has 7 heterocycles. The molecule has 3 saturated heterocycles. The number of pyridine rings is 2. The molecule has 14 nitrogen and oxygen atoms in total. The highest BCUT2D eigenvalue weighted by Gasteiger charge is 2.44. The number of amides is 2. The summed E-state index contributed by atoms with van der Waals surface area (Å²) in [6.45, 7) is 12.6. The number of alkyl halides is 3. The smallest absolute Gasteiger partial charge is 0.401 e. The lowest BCUT2D eigenvalue weighted by atomic mass is 9.84. The Kier molecular flexibility index (Phi) is 13.1. The molecule has 2 amide bonds. The first-order chi connectivity index (χ1) is 30.2. The zero-order valence-electron chi connectivity index (χ0n) is 36.6. The summed E-state index contributed by atoms with van der Waals surface area (Å²) < 4.78 is 54.7. The summed E-state index contributed by atoms with van der Waals surface area (Å²) in [5.41, 5.74) is 5.14. The molecule has 8 rings (SSSR count). The van der Waals surface area contributed by atoms with Crippen LogP contribution in [-0.2, 0) is 16.0 Å². The molecule has 4 aliphatic rings. The average Bonchev–Trinajstić information content (AvgIpc) is 3.89. The van der Waals surface area contributed by atoms with E-state index in [0.29, 0.717) is 43.5 Å². The number of amidine groups is 1. The number of carbonyl (C=O) groups excluding carboxylic acids is 2. The number of H-pyrrole nitrogens is 1. The number of hydrogen-bond acceptors (Lipinski definition) is 11. The molecule has 338 valence electrons. The van der Waals surface area contributed by atoms with Crippen molar-refractivity contribution in [1.82, 2.24) is 40.6 Å². The van der Waals surface area contributed by atoms with Gasteiger partial charge in [0.25, 0.3) is 5.91 Å². The molecule has 1 aromatic carbocycles. The van der Waals surface area contributed by atoms with Crippen LogP contribution >= 0.6 is 0 Å². The van der Waals surface area contributed by atoms with Gasteiger partial charge in [-0.15, -0.1) is 0 Å². The maximum Gasteiger partial charge on any atom is 0.401 e. The number of rotatable bonds is 14. The van der Waals surface area contributed by atoms with Crippen LogP contribution < -0.4 is 20.3 Å². The van der Waals surface area contributed by atoms with Crippen LogP contribution in [0.5, 0.6) is 5.88 Å². The molecule has 3 aromatic heterocycles. The molecule has 4 aromatic rings. The van der Waals surface area contributed by atoms with Gasteiger partial charge in [-0.1, -0.05) is 26.0 Å². The zero-order valence-corrected chi connectivity index (χ0v) is 36.6. The Morgan fingerprint density at radius 3 is 2.70 bits per heavy atom. The van der Waals surface area contributed by atoms with E-state index in [9.17, 15) is 22.8 Å². The largest absolute Gasteiger partial charge is 0.477 e. The number of benzene rings is 1. The van der Waals surface area contributed by atoms with Crippen molar-refractivity contribution in [3.8, 4) is 5.88 Å². The molecule has 3 unspecified atom stereocenters. The summed E-state index contributed by atoms with van der Waals surface area (Å²) in [5, 5.41) is 21.4. The third kappa shape index (κ3) is 10.2. The molecular weight excluding hydrogens is 814 g/mol. The van der Waals surface area contributed by atoms with Crippen LogP contribution in [0.4, 0.5) is 18.9 Å². The van der Waals surface area contributed by atoms with Gasteiger partial charge in [-0.2, -0.15) is 18.3 Å². The van der Waals surface area contributed by atoms with Gasteiger partial charge < -0.3 is 29.9 Å². The highest BCUT2D eigenvalue weighted by atomic mass is 19.4. The molecular formula is C46H59F3N10O4. The average molecular weight is 873 g/mol. The van der Waals surface area contributed by atoms with Crippen LogP contribution in [0, 0.1) is 24.2 Å². The van der Waals surface area contributed by atoms with Crippen molar-refractivity contribution in [3.63, 3.8) is 0 Å². The lowest BCUT2D eigenvalue weighted by Gasteiger charge is -2.42. The normalized spacial score (nSPS) is 23.3. The first kappa shape index (κ1) is 44.5. The summed E-state index contributed by atoms with van der Waals surface area (Å²) in [6.07, 6.45) is 4.14. The Bertz CT molecular complexity index is 2280. The maximum atomic E-state index is 13.9. The molecule has 4 aliphatic heterocycles. The summed E-state index contributed by atoms with van der Waals surface area (Å²) in [4.78, 5) is 40.3. The van der Waals surface area contributed by atoms with Gasteiger partial charge in [-0.3, -0.25) is 30.0 Å². The number of hydrogen-bond donors (Lipinski definition) is 4. The molecule has 0 radical (unpaired) electrons. The first-order valence-corrected chi connectivity index (χ1v) is 22.3.